The summed E-state index contributed by atoms with van der Waals surface area (Å²) in [7, 11) is -3.56. The largest absolute Gasteiger partial charge is 0.241 e. The third kappa shape index (κ3) is 4.00. The summed E-state index contributed by atoms with van der Waals surface area (Å²) in [6.07, 6.45) is 0. The fourth-order valence-electron chi connectivity index (χ4n) is 2.50. The minimum atomic E-state index is -3.56. The zero-order valence-corrected chi connectivity index (χ0v) is 17.0. The summed E-state index contributed by atoms with van der Waals surface area (Å²) < 4.78 is 28.1. The van der Waals surface area contributed by atoms with Gasteiger partial charge in [0, 0.05) is 16.8 Å². The summed E-state index contributed by atoms with van der Waals surface area (Å²) >= 11 is 3.02. The SMILES string of the molecule is Cc1nc(-c2cc(S(=O)(=O)NCc3ccc(C)c(C)c3)c(C)s2)cs1. The molecule has 1 aromatic carbocycles. The van der Waals surface area contributed by atoms with Gasteiger partial charge in [0.25, 0.3) is 0 Å². The molecule has 0 saturated carbocycles. The number of nitrogens with one attached hydrogen (secondary N) is 1. The Hall–Kier alpha value is -1.54. The first-order chi connectivity index (χ1) is 11.8. The summed E-state index contributed by atoms with van der Waals surface area (Å²) in [5.74, 6) is 0. The van der Waals surface area contributed by atoms with Crippen molar-refractivity contribution in [2.75, 3.05) is 0 Å². The molecule has 3 aromatic rings. The topological polar surface area (TPSA) is 59.1 Å². The molecular weight excluding hydrogens is 372 g/mol. The first-order valence-electron chi connectivity index (χ1n) is 7.85. The zero-order valence-electron chi connectivity index (χ0n) is 14.6. The van der Waals surface area contributed by atoms with E-state index < -0.39 is 10.0 Å². The van der Waals surface area contributed by atoms with Crippen molar-refractivity contribution in [2.24, 2.45) is 0 Å². The minimum Gasteiger partial charge on any atom is -0.241 e. The average Bonchev–Trinajstić information content (AvgIpc) is 3.15. The van der Waals surface area contributed by atoms with Crippen LogP contribution in [0.25, 0.3) is 10.6 Å². The number of thiophene rings is 1. The van der Waals surface area contributed by atoms with Crippen LogP contribution in [0.1, 0.15) is 26.6 Å². The Morgan fingerprint density at radius 2 is 1.84 bits per heavy atom. The molecule has 2 aromatic heterocycles. The number of aromatic nitrogens is 1. The molecule has 132 valence electrons. The van der Waals surface area contributed by atoms with Crippen LogP contribution in [0, 0.1) is 27.7 Å². The maximum absolute atomic E-state index is 12.7. The third-order valence-corrected chi connectivity index (χ3v) is 7.57. The van der Waals surface area contributed by atoms with Crippen LogP contribution in [0.5, 0.6) is 0 Å². The van der Waals surface area contributed by atoms with Gasteiger partial charge in [-0.2, -0.15) is 0 Å². The Balaban J connectivity index is 1.82. The molecule has 7 heteroatoms. The number of rotatable bonds is 5. The van der Waals surface area contributed by atoms with Crippen LogP contribution in [0.15, 0.2) is 34.5 Å². The second-order valence-corrected chi connectivity index (χ2v) is 10.1. The number of hydrogen-bond donors (Lipinski definition) is 1. The Kier molecular flexibility index (Phi) is 5.11. The number of nitrogens with zero attached hydrogens (tertiary/aromatic N) is 1. The summed E-state index contributed by atoms with van der Waals surface area (Å²) in [5.41, 5.74) is 4.15. The van der Waals surface area contributed by atoms with E-state index in [-0.39, 0.29) is 6.54 Å². The lowest BCUT2D eigenvalue weighted by Crippen LogP contribution is -2.23. The first kappa shape index (κ1) is 18.3. The van der Waals surface area contributed by atoms with Gasteiger partial charge in [-0.3, -0.25) is 0 Å². The lowest BCUT2D eigenvalue weighted by Gasteiger charge is -2.08. The molecule has 0 aliphatic rings. The van der Waals surface area contributed by atoms with E-state index in [0.717, 1.165) is 31.6 Å². The van der Waals surface area contributed by atoms with Crippen LogP contribution in [-0.2, 0) is 16.6 Å². The molecule has 0 aliphatic carbocycles. The van der Waals surface area contributed by atoms with Crippen molar-refractivity contribution in [3.05, 3.63) is 56.2 Å². The Labute approximate surface area is 156 Å². The molecule has 4 nitrogen and oxygen atoms in total. The maximum Gasteiger partial charge on any atom is 0.241 e. The van der Waals surface area contributed by atoms with Gasteiger partial charge in [-0.15, -0.1) is 22.7 Å². The normalized spacial score (nSPS) is 11.8. The van der Waals surface area contributed by atoms with Crippen molar-refractivity contribution in [1.82, 2.24) is 9.71 Å². The van der Waals surface area contributed by atoms with Crippen molar-refractivity contribution in [2.45, 2.75) is 39.1 Å². The number of sulfonamides is 1. The van der Waals surface area contributed by atoms with E-state index in [1.807, 2.05) is 51.3 Å². The standard InChI is InChI=1S/C18H20N2O2S3/c1-11-5-6-15(7-12(11)2)9-19-25(21,22)18-8-17(24-13(18)3)16-10-23-14(4)20-16/h5-8,10,19H,9H2,1-4H3. The highest BCUT2D eigenvalue weighted by molar-refractivity contribution is 7.89. The van der Waals surface area contributed by atoms with Gasteiger partial charge in [-0.05, 0) is 50.5 Å². The van der Waals surface area contributed by atoms with Crippen LogP contribution in [-0.4, -0.2) is 13.4 Å². The number of aryl methyl sites for hydroxylation is 4. The van der Waals surface area contributed by atoms with Gasteiger partial charge in [-0.25, -0.2) is 18.1 Å². The van der Waals surface area contributed by atoms with Gasteiger partial charge >= 0.3 is 0 Å². The molecule has 0 spiro atoms. The smallest absolute Gasteiger partial charge is 0.241 e. The highest BCUT2D eigenvalue weighted by Gasteiger charge is 2.21. The highest BCUT2D eigenvalue weighted by atomic mass is 32.2. The molecular formula is C18H20N2O2S3. The zero-order chi connectivity index (χ0) is 18.2. The fourth-order valence-corrected chi connectivity index (χ4v) is 5.76. The molecule has 0 amide bonds. The van der Waals surface area contributed by atoms with E-state index in [0.29, 0.717) is 4.90 Å². The fraction of sp³-hybridized carbons (Fsp3) is 0.278. The van der Waals surface area contributed by atoms with Crippen LogP contribution < -0.4 is 4.72 Å². The average molecular weight is 393 g/mol. The first-order valence-corrected chi connectivity index (χ1v) is 11.0. The lowest BCUT2D eigenvalue weighted by atomic mass is 10.1. The van der Waals surface area contributed by atoms with E-state index in [4.69, 9.17) is 0 Å². The number of benzene rings is 1. The second kappa shape index (κ2) is 6.99. The summed E-state index contributed by atoms with van der Waals surface area (Å²) in [5, 5.41) is 2.93. The van der Waals surface area contributed by atoms with E-state index in [2.05, 4.69) is 9.71 Å². The molecule has 1 N–H and O–H groups in total. The van der Waals surface area contributed by atoms with E-state index in [9.17, 15) is 8.42 Å². The van der Waals surface area contributed by atoms with Crippen LogP contribution in [0.4, 0.5) is 0 Å². The van der Waals surface area contributed by atoms with Gasteiger partial charge in [0.05, 0.1) is 20.5 Å². The van der Waals surface area contributed by atoms with Crippen LogP contribution >= 0.6 is 22.7 Å². The van der Waals surface area contributed by atoms with E-state index in [1.165, 1.54) is 16.9 Å². The van der Waals surface area contributed by atoms with Crippen molar-refractivity contribution in [1.29, 1.82) is 0 Å². The van der Waals surface area contributed by atoms with Crippen molar-refractivity contribution in [3.63, 3.8) is 0 Å². The predicted octanol–water partition coefficient (Wildman–Crippen LogP) is 4.58. The van der Waals surface area contributed by atoms with Gasteiger partial charge < -0.3 is 0 Å². The Morgan fingerprint density at radius 1 is 1.08 bits per heavy atom. The highest BCUT2D eigenvalue weighted by Crippen LogP contribution is 2.34. The third-order valence-electron chi connectivity index (χ3n) is 4.07. The van der Waals surface area contributed by atoms with Gasteiger partial charge in [-0.1, -0.05) is 18.2 Å². The Bertz CT molecular complexity index is 1020. The monoisotopic (exact) mass is 392 g/mol. The van der Waals surface area contributed by atoms with Crippen LogP contribution in [0.2, 0.25) is 0 Å². The van der Waals surface area contributed by atoms with Gasteiger partial charge in [0.1, 0.15) is 0 Å². The molecule has 0 radical (unpaired) electrons. The number of thiazole rings is 1. The molecule has 25 heavy (non-hydrogen) atoms. The molecule has 0 fully saturated rings. The van der Waals surface area contributed by atoms with Crippen molar-refractivity contribution in [3.8, 4) is 10.6 Å². The number of hydrogen-bond acceptors (Lipinski definition) is 5. The summed E-state index contributed by atoms with van der Waals surface area (Å²) in [6, 6.07) is 7.70. The molecule has 3 rings (SSSR count). The lowest BCUT2D eigenvalue weighted by molar-refractivity contribution is 0.581. The van der Waals surface area contributed by atoms with E-state index in [1.54, 1.807) is 17.4 Å². The summed E-state index contributed by atoms with van der Waals surface area (Å²) in [6.45, 7) is 8.12. The van der Waals surface area contributed by atoms with E-state index >= 15 is 0 Å². The molecule has 0 atom stereocenters. The predicted molar refractivity (Wildman–Crippen MR) is 105 cm³/mol. The van der Waals surface area contributed by atoms with Crippen molar-refractivity contribution < 1.29 is 8.42 Å². The Morgan fingerprint density at radius 3 is 2.48 bits per heavy atom. The summed E-state index contributed by atoms with van der Waals surface area (Å²) in [4.78, 5) is 6.43. The van der Waals surface area contributed by atoms with Crippen LogP contribution in [0.3, 0.4) is 0 Å². The molecule has 0 unspecified atom stereocenters. The van der Waals surface area contributed by atoms with Crippen molar-refractivity contribution >= 4 is 32.7 Å². The second-order valence-electron chi connectivity index (χ2n) is 6.03. The van der Waals surface area contributed by atoms with Gasteiger partial charge in [0.2, 0.25) is 10.0 Å². The van der Waals surface area contributed by atoms with Gasteiger partial charge in [0.15, 0.2) is 0 Å². The molecule has 0 bridgehead atoms. The minimum absolute atomic E-state index is 0.282. The molecule has 0 aliphatic heterocycles. The molecule has 2 heterocycles. The maximum atomic E-state index is 12.7. The quantitative estimate of drug-likeness (QED) is 0.691. The molecule has 0 saturated heterocycles.